The Hall–Kier alpha value is -2.11. The van der Waals surface area contributed by atoms with Crippen molar-refractivity contribution in [2.45, 2.75) is 0 Å². The van der Waals surface area contributed by atoms with Crippen molar-refractivity contribution < 1.29 is 5.11 Å². The van der Waals surface area contributed by atoms with Gasteiger partial charge in [0.25, 0.3) is 0 Å². The van der Waals surface area contributed by atoms with Gasteiger partial charge in [0, 0.05) is 20.2 Å². The molecule has 0 saturated heterocycles. The molecule has 0 amide bonds. The van der Waals surface area contributed by atoms with Gasteiger partial charge in [0.1, 0.15) is 5.75 Å². The second-order valence-corrected chi connectivity index (χ2v) is 2.74. The van der Waals surface area contributed by atoms with E-state index in [1.165, 1.54) is 6.07 Å². The molecule has 0 fully saturated rings. The number of nitrogens with two attached hydrogens (primary N) is 1. The molecule has 0 aromatic heterocycles. The van der Waals surface area contributed by atoms with E-state index in [0.29, 0.717) is 17.3 Å². The average Bonchev–Trinajstić information content (AvgIpc) is 2.24. The van der Waals surface area contributed by atoms with E-state index < -0.39 is 0 Å². The minimum atomic E-state index is -0.00843. The van der Waals surface area contributed by atoms with Gasteiger partial charge in [0.2, 0.25) is 5.96 Å². The van der Waals surface area contributed by atoms with E-state index in [9.17, 15) is 5.11 Å². The first-order valence-corrected chi connectivity index (χ1v) is 4.32. The Labute approximate surface area is 87.6 Å². The lowest BCUT2D eigenvalue weighted by atomic mass is 10.3. The van der Waals surface area contributed by atoms with Crippen molar-refractivity contribution in [2.75, 3.05) is 19.8 Å². The second-order valence-electron chi connectivity index (χ2n) is 2.74. The molecule has 15 heavy (non-hydrogen) atoms. The Kier molecular flexibility index (Phi) is 3.61. The zero-order valence-corrected chi connectivity index (χ0v) is 8.60. The lowest BCUT2D eigenvalue weighted by Gasteiger charge is -1.99. The summed E-state index contributed by atoms with van der Waals surface area (Å²) in [6.07, 6.45) is 0. The molecule has 0 aliphatic heterocycles. The van der Waals surface area contributed by atoms with Gasteiger partial charge < -0.3 is 16.2 Å². The molecule has 1 aromatic carbocycles. The number of rotatable bonds is 1. The van der Waals surface area contributed by atoms with E-state index in [0.717, 1.165) is 0 Å². The monoisotopic (exact) mass is 207 g/mol. The predicted octanol–water partition coefficient (Wildman–Crippen LogP) is 1.26. The number of nitrogen functional groups attached to an aromatic ring is 1. The van der Waals surface area contributed by atoms with Crippen molar-refractivity contribution in [3.05, 3.63) is 18.2 Å². The Morgan fingerprint density at radius 3 is 2.73 bits per heavy atom. The van der Waals surface area contributed by atoms with E-state index >= 15 is 0 Å². The highest BCUT2D eigenvalue weighted by Crippen LogP contribution is 2.25. The van der Waals surface area contributed by atoms with Gasteiger partial charge in [-0.2, -0.15) is 0 Å². The molecule has 6 heteroatoms. The Balaban J connectivity index is 2.85. The van der Waals surface area contributed by atoms with Crippen molar-refractivity contribution in [3.63, 3.8) is 0 Å². The third kappa shape index (κ3) is 2.94. The number of guanidine groups is 1. The molecular formula is C9H13N5O. The fraction of sp³-hybridized carbons (Fsp3) is 0.222. The maximum atomic E-state index is 9.31. The largest absolute Gasteiger partial charge is 0.506 e. The van der Waals surface area contributed by atoms with Crippen LogP contribution in [0.25, 0.3) is 0 Å². The topological polar surface area (TPSA) is 95.4 Å². The number of nitrogens with zero attached hydrogens (tertiary/aromatic N) is 3. The first kappa shape index (κ1) is 11.0. The summed E-state index contributed by atoms with van der Waals surface area (Å²) in [4.78, 5) is 3.82. The first-order valence-electron chi connectivity index (χ1n) is 4.32. The normalized spacial score (nSPS) is 12.0. The maximum absolute atomic E-state index is 9.31. The number of aromatic hydroxyl groups is 1. The molecule has 0 saturated carbocycles. The number of azo groups is 1. The molecule has 1 aromatic rings. The number of phenols is 1. The van der Waals surface area contributed by atoms with Gasteiger partial charge in [-0.25, -0.2) is 0 Å². The summed E-state index contributed by atoms with van der Waals surface area (Å²) < 4.78 is 0. The van der Waals surface area contributed by atoms with Crippen molar-refractivity contribution in [3.8, 4) is 5.75 Å². The minimum absolute atomic E-state index is 0.00843. The standard InChI is InChI=1S/C9H13N5O/c1-11-9(12-2)14-13-6-3-4-7(10)8(15)5-6/h3-5,15H,10H2,1-2H3,(H,11,12). The summed E-state index contributed by atoms with van der Waals surface area (Å²) in [5, 5.41) is 19.7. The van der Waals surface area contributed by atoms with Crippen molar-refractivity contribution in [2.24, 2.45) is 15.2 Å². The fourth-order valence-electron chi connectivity index (χ4n) is 0.906. The molecule has 0 spiro atoms. The summed E-state index contributed by atoms with van der Waals surface area (Å²) in [7, 11) is 3.30. The zero-order valence-electron chi connectivity index (χ0n) is 8.60. The molecule has 0 aliphatic rings. The number of benzene rings is 1. The zero-order chi connectivity index (χ0) is 11.3. The number of anilines is 1. The van der Waals surface area contributed by atoms with Crippen molar-refractivity contribution in [1.29, 1.82) is 0 Å². The van der Waals surface area contributed by atoms with Gasteiger partial charge in [-0.3, -0.25) is 4.99 Å². The summed E-state index contributed by atoms with van der Waals surface area (Å²) >= 11 is 0. The lowest BCUT2D eigenvalue weighted by molar-refractivity contribution is 0.478. The number of phenolic OH excluding ortho intramolecular Hbond substituents is 1. The summed E-state index contributed by atoms with van der Waals surface area (Å²) in [6.45, 7) is 0. The van der Waals surface area contributed by atoms with Crippen LogP contribution in [0.1, 0.15) is 0 Å². The van der Waals surface area contributed by atoms with Gasteiger partial charge in [0.05, 0.1) is 11.4 Å². The number of nitrogens with one attached hydrogen (secondary N) is 1. The smallest absolute Gasteiger partial charge is 0.237 e. The van der Waals surface area contributed by atoms with E-state index in [-0.39, 0.29) is 5.75 Å². The average molecular weight is 207 g/mol. The van der Waals surface area contributed by atoms with Crippen molar-refractivity contribution in [1.82, 2.24) is 5.32 Å². The van der Waals surface area contributed by atoms with E-state index in [1.54, 1.807) is 26.2 Å². The molecule has 6 nitrogen and oxygen atoms in total. The summed E-state index contributed by atoms with van der Waals surface area (Å²) in [5.74, 6) is 0.400. The first-order chi connectivity index (χ1) is 7.17. The van der Waals surface area contributed by atoms with Crippen LogP contribution < -0.4 is 11.1 Å². The second kappa shape index (κ2) is 4.94. The lowest BCUT2D eigenvalue weighted by Crippen LogP contribution is -2.14. The summed E-state index contributed by atoms with van der Waals surface area (Å²) in [5.41, 5.74) is 6.26. The van der Waals surface area contributed by atoms with Crippen LogP contribution in [0.4, 0.5) is 11.4 Å². The van der Waals surface area contributed by atoms with Gasteiger partial charge in [0.15, 0.2) is 0 Å². The molecule has 0 unspecified atom stereocenters. The van der Waals surface area contributed by atoms with E-state index in [1.807, 2.05) is 0 Å². The predicted molar refractivity (Wildman–Crippen MR) is 59.5 cm³/mol. The fourth-order valence-corrected chi connectivity index (χ4v) is 0.906. The molecule has 0 atom stereocenters. The quantitative estimate of drug-likeness (QED) is 0.213. The molecule has 1 rings (SSSR count). The van der Waals surface area contributed by atoms with Crippen LogP contribution in [0, 0.1) is 0 Å². The third-order valence-corrected chi connectivity index (χ3v) is 1.71. The van der Waals surface area contributed by atoms with Gasteiger partial charge in [-0.1, -0.05) is 0 Å². The molecule has 80 valence electrons. The molecule has 0 radical (unpaired) electrons. The van der Waals surface area contributed by atoms with E-state index in [2.05, 4.69) is 20.5 Å². The maximum Gasteiger partial charge on any atom is 0.237 e. The van der Waals surface area contributed by atoms with Gasteiger partial charge in [-0.15, -0.1) is 10.2 Å². The highest BCUT2D eigenvalue weighted by atomic mass is 16.3. The van der Waals surface area contributed by atoms with Crippen LogP contribution in [0.2, 0.25) is 0 Å². The molecule has 0 bridgehead atoms. The molecule has 4 N–H and O–H groups in total. The Morgan fingerprint density at radius 1 is 1.47 bits per heavy atom. The summed E-state index contributed by atoms with van der Waals surface area (Å²) in [6, 6.07) is 4.65. The van der Waals surface area contributed by atoms with Crippen LogP contribution in [-0.4, -0.2) is 25.2 Å². The number of aliphatic imine (C=N–C) groups is 1. The molecule has 0 heterocycles. The Bertz CT molecular complexity index is 399. The van der Waals surface area contributed by atoms with Crippen LogP contribution in [-0.2, 0) is 0 Å². The molecule has 0 aliphatic carbocycles. The van der Waals surface area contributed by atoms with Crippen LogP contribution in [0.5, 0.6) is 5.75 Å². The van der Waals surface area contributed by atoms with E-state index in [4.69, 9.17) is 5.73 Å². The number of hydrogen-bond acceptors (Lipinski definition) is 4. The van der Waals surface area contributed by atoms with Crippen LogP contribution in [0.3, 0.4) is 0 Å². The highest BCUT2D eigenvalue weighted by Gasteiger charge is 1.97. The third-order valence-electron chi connectivity index (χ3n) is 1.71. The van der Waals surface area contributed by atoms with Gasteiger partial charge >= 0.3 is 0 Å². The van der Waals surface area contributed by atoms with Crippen LogP contribution >= 0.6 is 0 Å². The molecular weight excluding hydrogens is 194 g/mol. The Morgan fingerprint density at radius 2 is 2.20 bits per heavy atom. The number of hydrogen-bond donors (Lipinski definition) is 3. The van der Waals surface area contributed by atoms with Crippen LogP contribution in [0.15, 0.2) is 33.4 Å². The highest BCUT2D eigenvalue weighted by molar-refractivity contribution is 5.80. The van der Waals surface area contributed by atoms with Gasteiger partial charge in [-0.05, 0) is 12.1 Å². The van der Waals surface area contributed by atoms with Crippen molar-refractivity contribution >= 4 is 17.3 Å². The minimum Gasteiger partial charge on any atom is -0.506 e. The SMILES string of the molecule is C/N=C(\N=Nc1ccc(N)c(O)c1)NC.